The van der Waals surface area contributed by atoms with E-state index in [1.54, 1.807) is 50.8 Å². The molecule has 0 saturated carbocycles. The number of hydrogen-bond donors (Lipinski definition) is 1. The average molecular weight is 360 g/mol. The molecule has 4 aromatic rings. The number of H-pyrrole nitrogens is 1. The second-order valence-corrected chi connectivity index (χ2v) is 6.44. The lowest BCUT2D eigenvalue weighted by atomic mass is 10.1. The van der Waals surface area contributed by atoms with Gasteiger partial charge in [0, 0.05) is 65.8 Å². The van der Waals surface area contributed by atoms with Crippen LogP contribution in [0, 0.1) is 5.82 Å². The number of halogens is 1. The molecule has 0 aliphatic carbocycles. The monoisotopic (exact) mass is 360 g/mol. The van der Waals surface area contributed by atoms with E-state index < -0.39 is 0 Å². The van der Waals surface area contributed by atoms with Crippen LogP contribution in [0.5, 0.6) is 0 Å². The first-order chi connectivity index (χ1) is 13.0. The van der Waals surface area contributed by atoms with Crippen molar-refractivity contribution in [2.75, 3.05) is 14.1 Å². The van der Waals surface area contributed by atoms with E-state index in [0.29, 0.717) is 22.5 Å². The van der Waals surface area contributed by atoms with Crippen molar-refractivity contribution >= 4 is 16.8 Å². The molecule has 6 heteroatoms. The molecule has 134 valence electrons. The normalized spacial score (nSPS) is 10.9. The Morgan fingerprint density at radius 2 is 1.78 bits per heavy atom. The maximum absolute atomic E-state index is 13.9. The van der Waals surface area contributed by atoms with Gasteiger partial charge in [-0.05, 0) is 24.3 Å². The molecule has 0 aliphatic heterocycles. The number of hydrogen-bond acceptors (Lipinski definition) is 3. The van der Waals surface area contributed by atoms with Crippen LogP contribution in [0.25, 0.3) is 33.4 Å². The fraction of sp³-hybridized carbons (Fsp3) is 0.0952. The Balaban J connectivity index is 1.75. The van der Waals surface area contributed by atoms with Gasteiger partial charge in [0.25, 0.3) is 5.91 Å². The Hall–Kier alpha value is -3.54. The SMILES string of the molecule is CN(C)C(=O)c1ccc2[nH]cc(-c3ncc(-c4ccccc4F)cn3)c2c1. The molecule has 2 aromatic carbocycles. The lowest BCUT2D eigenvalue weighted by Crippen LogP contribution is -2.21. The van der Waals surface area contributed by atoms with E-state index in [1.165, 1.54) is 11.0 Å². The van der Waals surface area contributed by atoms with Crippen LogP contribution in [0.2, 0.25) is 0 Å². The number of fused-ring (bicyclic) bond motifs is 1. The van der Waals surface area contributed by atoms with Crippen LogP contribution < -0.4 is 0 Å². The summed E-state index contributed by atoms with van der Waals surface area (Å²) in [5, 5.41) is 0.862. The van der Waals surface area contributed by atoms with Gasteiger partial charge in [0.15, 0.2) is 5.82 Å². The first-order valence-electron chi connectivity index (χ1n) is 8.44. The maximum Gasteiger partial charge on any atom is 0.253 e. The predicted octanol–water partition coefficient (Wildman–Crippen LogP) is 4.13. The van der Waals surface area contributed by atoms with Crippen LogP contribution >= 0.6 is 0 Å². The largest absolute Gasteiger partial charge is 0.360 e. The molecule has 2 heterocycles. The van der Waals surface area contributed by atoms with E-state index in [-0.39, 0.29) is 11.7 Å². The predicted molar refractivity (Wildman–Crippen MR) is 103 cm³/mol. The van der Waals surface area contributed by atoms with E-state index in [2.05, 4.69) is 15.0 Å². The molecule has 27 heavy (non-hydrogen) atoms. The van der Waals surface area contributed by atoms with Crippen molar-refractivity contribution in [3.8, 4) is 22.5 Å². The van der Waals surface area contributed by atoms with Crippen molar-refractivity contribution in [1.82, 2.24) is 19.9 Å². The smallest absolute Gasteiger partial charge is 0.253 e. The summed E-state index contributed by atoms with van der Waals surface area (Å²) in [4.78, 5) is 25.8. The van der Waals surface area contributed by atoms with Gasteiger partial charge in [0.05, 0.1) is 0 Å². The third-order valence-corrected chi connectivity index (χ3v) is 4.41. The van der Waals surface area contributed by atoms with Crippen LogP contribution in [0.1, 0.15) is 10.4 Å². The fourth-order valence-corrected chi connectivity index (χ4v) is 3.00. The van der Waals surface area contributed by atoms with Gasteiger partial charge in [-0.1, -0.05) is 18.2 Å². The summed E-state index contributed by atoms with van der Waals surface area (Å²) in [7, 11) is 3.43. The minimum Gasteiger partial charge on any atom is -0.360 e. The average Bonchev–Trinajstić information content (AvgIpc) is 3.11. The molecule has 0 spiro atoms. The first kappa shape index (κ1) is 16.9. The van der Waals surface area contributed by atoms with Gasteiger partial charge < -0.3 is 9.88 Å². The van der Waals surface area contributed by atoms with Gasteiger partial charge in [0.1, 0.15) is 5.82 Å². The van der Waals surface area contributed by atoms with E-state index >= 15 is 0 Å². The van der Waals surface area contributed by atoms with Crippen LogP contribution in [0.3, 0.4) is 0 Å². The Bertz CT molecular complexity index is 1130. The summed E-state index contributed by atoms with van der Waals surface area (Å²) in [6.45, 7) is 0. The van der Waals surface area contributed by atoms with Crippen molar-refractivity contribution in [2.24, 2.45) is 0 Å². The van der Waals surface area contributed by atoms with Crippen LogP contribution in [-0.2, 0) is 0 Å². The Kier molecular flexibility index (Phi) is 4.16. The van der Waals surface area contributed by atoms with E-state index in [1.807, 2.05) is 18.3 Å². The van der Waals surface area contributed by atoms with E-state index in [4.69, 9.17) is 0 Å². The maximum atomic E-state index is 13.9. The topological polar surface area (TPSA) is 61.9 Å². The van der Waals surface area contributed by atoms with Crippen LogP contribution in [0.15, 0.2) is 61.1 Å². The van der Waals surface area contributed by atoms with E-state index in [9.17, 15) is 9.18 Å². The summed E-state index contributed by atoms with van der Waals surface area (Å²) < 4.78 is 13.9. The molecule has 2 aromatic heterocycles. The zero-order chi connectivity index (χ0) is 19.0. The molecule has 0 radical (unpaired) electrons. The number of aromatic nitrogens is 3. The van der Waals surface area contributed by atoms with Gasteiger partial charge in [-0.2, -0.15) is 0 Å². The minimum atomic E-state index is -0.312. The molecule has 0 saturated heterocycles. The highest BCUT2D eigenvalue weighted by molar-refractivity contribution is 6.01. The van der Waals surface area contributed by atoms with Gasteiger partial charge in [-0.15, -0.1) is 0 Å². The van der Waals surface area contributed by atoms with Gasteiger partial charge in [-0.3, -0.25) is 4.79 Å². The van der Waals surface area contributed by atoms with Gasteiger partial charge in [-0.25, -0.2) is 14.4 Å². The summed E-state index contributed by atoms with van der Waals surface area (Å²) in [6, 6.07) is 12.0. The molecule has 4 rings (SSSR count). The van der Waals surface area contributed by atoms with Crippen molar-refractivity contribution in [1.29, 1.82) is 0 Å². The van der Waals surface area contributed by atoms with Crippen molar-refractivity contribution in [3.63, 3.8) is 0 Å². The molecule has 1 amide bonds. The lowest BCUT2D eigenvalue weighted by molar-refractivity contribution is 0.0828. The molecular weight excluding hydrogens is 343 g/mol. The minimum absolute atomic E-state index is 0.0696. The molecule has 0 aliphatic rings. The second kappa shape index (κ2) is 6.64. The number of carbonyl (C=O) groups excluding carboxylic acids is 1. The summed E-state index contributed by atoms with van der Waals surface area (Å²) in [5.41, 5.74) is 3.35. The third-order valence-electron chi connectivity index (χ3n) is 4.41. The quantitative estimate of drug-likeness (QED) is 0.597. The number of nitrogens with zero attached hydrogens (tertiary/aromatic N) is 3. The molecule has 1 N–H and O–H groups in total. The highest BCUT2D eigenvalue weighted by Gasteiger charge is 2.14. The molecular formula is C21H17FN4O. The highest BCUT2D eigenvalue weighted by Crippen LogP contribution is 2.28. The number of nitrogens with one attached hydrogen (secondary N) is 1. The lowest BCUT2D eigenvalue weighted by Gasteiger charge is -2.10. The van der Waals surface area contributed by atoms with Crippen LogP contribution in [0.4, 0.5) is 4.39 Å². The number of carbonyl (C=O) groups is 1. The number of benzene rings is 2. The number of rotatable bonds is 3. The van der Waals surface area contributed by atoms with Crippen molar-refractivity contribution in [2.45, 2.75) is 0 Å². The number of amides is 1. The fourth-order valence-electron chi connectivity index (χ4n) is 3.00. The van der Waals surface area contributed by atoms with Gasteiger partial charge in [0.2, 0.25) is 0 Å². The molecule has 5 nitrogen and oxygen atoms in total. The summed E-state index contributed by atoms with van der Waals surface area (Å²) in [6.07, 6.45) is 5.02. The zero-order valence-electron chi connectivity index (χ0n) is 14.9. The molecule has 0 unspecified atom stereocenters. The highest BCUT2D eigenvalue weighted by atomic mass is 19.1. The first-order valence-corrected chi connectivity index (χ1v) is 8.44. The van der Waals surface area contributed by atoms with E-state index in [0.717, 1.165) is 16.5 Å². The second-order valence-electron chi connectivity index (χ2n) is 6.44. The zero-order valence-corrected chi connectivity index (χ0v) is 14.9. The van der Waals surface area contributed by atoms with Crippen molar-refractivity contribution < 1.29 is 9.18 Å². The Labute approximate surface area is 155 Å². The standard InChI is InChI=1S/C21H17FN4O/c1-26(2)21(27)13-7-8-19-16(9-13)17(12-23-19)20-24-10-14(11-25-20)15-5-3-4-6-18(15)22/h3-12,23H,1-2H3. The third kappa shape index (κ3) is 3.06. The summed E-state index contributed by atoms with van der Waals surface area (Å²) in [5.74, 6) is 0.128. The number of aromatic amines is 1. The Morgan fingerprint density at radius 1 is 1.04 bits per heavy atom. The molecule has 0 atom stereocenters. The van der Waals surface area contributed by atoms with Gasteiger partial charge >= 0.3 is 0 Å². The Morgan fingerprint density at radius 3 is 2.48 bits per heavy atom. The summed E-state index contributed by atoms with van der Waals surface area (Å²) >= 11 is 0. The van der Waals surface area contributed by atoms with Crippen molar-refractivity contribution in [3.05, 3.63) is 72.4 Å². The molecule has 0 fully saturated rings. The van der Waals surface area contributed by atoms with Crippen LogP contribution in [-0.4, -0.2) is 39.9 Å². The molecule has 0 bridgehead atoms.